The molecule has 0 aromatic rings. The molecule has 18 heavy (non-hydrogen) atoms. The van der Waals surface area contributed by atoms with Gasteiger partial charge < -0.3 is 25.0 Å². The van der Waals surface area contributed by atoms with Crippen LogP contribution < -0.4 is 5.32 Å². The summed E-state index contributed by atoms with van der Waals surface area (Å²) in [4.78, 5) is 0. The summed E-state index contributed by atoms with van der Waals surface area (Å²) in [6.45, 7) is 6.11. The Morgan fingerprint density at radius 3 is 2.89 bits per heavy atom. The zero-order valence-corrected chi connectivity index (χ0v) is 11.5. The Morgan fingerprint density at radius 2 is 2.33 bits per heavy atom. The molecular weight excluding hydrogens is 234 g/mol. The quantitative estimate of drug-likeness (QED) is 0.556. The summed E-state index contributed by atoms with van der Waals surface area (Å²) in [7, 11) is 0. The van der Waals surface area contributed by atoms with Crippen molar-refractivity contribution in [2.75, 3.05) is 33.0 Å². The van der Waals surface area contributed by atoms with E-state index in [1.807, 2.05) is 13.8 Å². The molecule has 1 rings (SSSR count). The molecule has 5 heteroatoms. The van der Waals surface area contributed by atoms with Crippen LogP contribution in [0.4, 0.5) is 0 Å². The van der Waals surface area contributed by atoms with Gasteiger partial charge in [0.1, 0.15) is 0 Å². The number of β-amino-alcohol motifs (C(OH)–C–C–N with tert-alkyl or cyclic N) is 1. The maximum Gasteiger partial charge on any atom is 0.0897 e. The second-order valence-corrected chi connectivity index (χ2v) is 5.28. The van der Waals surface area contributed by atoms with Gasteiger partial charge in [-0.3, -0.25) is 0 Å². The fourth-order valence-corrected chi connectivity index (χ4v) is 1.83. The van der Waals surface area contributed by atoms with Crippen molar-refractivity contribution in [3.05, 3.63) is 0 Å². The summed E-state index contributed by atoms with van der Waals surface area (Å²) in [5, 5.41) is 22.2. The molecule has 108 valence electrons. The average molecular weight is 261 g/mol. The molecule has 0 aromatic heterocycles. The lowest BCUT2D eigenvalue weighted by molar-refractivity contribution is -0.0187. The SMILES string of the molecule is CCC(C)(CO)NCC(O)COCC1CCCO1. The van der Waals surface area contributed by atoms with Crippen molar-refractivity contribution in [2.24, 2.45) is 0 Å². The van der Waals surface area contributed by atoms with E-state index in [9.17, 15) is 10.2 Å². The number of ether oxygens (including phenoxy) is 2. The van der Waals surface area contributed by atoms with Crippen LogP contribution in [0.1, 0.15) is 33.1 Å². The largest absolute Gasteiger partial charge is 0.394 e. The van der Waals surface area contributed by atoms with Crippen molar-refractivity contribution >= 4 is 0 Å². The third-order valence-electron chi connectivity index (χ3n) is 3.53. The maximum atomic E-state index is 9.77. The first-order chi connectivity index (χ1) is 8.59. The third-order valence-corrected chi connectivity index (χ3v) is 3.53. The average Bonchev–Trinajstić information content (AvgIpc) is 2.89. The van der Waals surface area contributed by atoms with E-state index in [1.54, 1.807) is 0 Å². The van der Waals surface area contributed by atoms with Gasteiger partial charge in [-0.25, -0.2) is 0 Å². The van der Waals surface area contributed by atoms with E-state index in [0.717, 1.165) is 25.9 Å². The Balaban J connectivity index is 2.07. The molecule has 0 saturated carbocycles. The maximum absolute atomic E-state index is 9.77. The lowest BCUT2D eigenvalue weighted by Crippen LogP contribution is -2.48. The zero-order valence-electron chi connectivity index (χ0n) is 11.5. The fraction of sp³-hybridized carbons (Fsp3) is 1.00. The van der Waals surface area contributed by atoms with E-state index in [0.29, 0.717) is 19.8 Å². The molecule has 3 N–H and O–H groups in total. The Labute approximate surface area is 109 Å². The van der Waals surface area contributed by atoms with Crippen LogP contribution in [0, 0.1) is 0 Å². The summed E-state index contributed by atoms with van der Waals surface area (Å²) >= 11 is 0. The van der Waals surface area contributed by atoms with E-state index in [2.05, 4.69) is 5.32 Å². The Kier molecular flexibility index (Phi) is 7.11. The van der Waals surface area contributed by atoms with Crippen molar-refractivity contribution in [3.8, 4) is 0 Å². The highest BCUT2D eigenvalue weighted by atomic mass is 16.5. The highest BCUT2D eigenvalue weighted by Gasteiger charge is 2.21. The van der Waals surface area contributed by atoms with Crippen LogP contribution in [-0.4, -0.2) is 60.9 Å². The fourth-order valence-electron chi connectivity index (χ4n) is 1.83. The predicted molar refractivity (Wildman–Crippen MR) is 69.6 cm³/mol. The van der Waals surface area contributed by atoms with Gasteiger partial charge in [0.15, 0.2) is 0 Å². The van der Waals surface area contributed by atoms with Crippen molar-refractivity contribution in [2.45, 2.75) is 50.9 Å². The summed E-state index contributed by atoms with van der Waals surface area (Å²) in [5.41, 5.74) is -0.324. The molecule has 0 aliphatic carbocycles. The molecule has 1 aliphatic heterocycles. The number of hydrogen-bond donors (Lipinski definition) is 3. The monoisotopic (exact) mass is 261 g/mol. The van der Waals surface area contributed by atoms with Crippen LogP contribution in [0.3, 0.4) is 0 Å². The number of nitrogens with one attached hydrogen (secondary N) is 1. The summed E-state index contributed by atoms with van der Waals surface area (Å²) < 4.78 is 10.9. The molecule has 0 aromatic carbocycles. The first kappa shape index (κ1) is 15.9. The van der Waals surface area contributed by atoms with Gasteiger partial charge >= 0.3 is 0 Å². The van der Waals surface area contributed by atoms with Gasteiger partial charge in [-0.15, -0.1) is 0 Å². The van der Waals surface area contributed by atoms with E-state index in [-0.39, 0.29) is 18.2 Å². The molecule has 1 saturated heterocycles. The van der Waals surface area contributed by atoms with Gasteiger partial charge in [0.25, 0.3) is 0 Å². The molecule has 1 aliphatic rings. The number of aliphatic hydroxyl groups is 2. The number of aliphatic hydroxyl groups excluding tert-OH is 2. The molecule has 0 radical (unpaired) electrons. The second-order valence-electron chi connectivity index (χ2n) is 5.28. The van der Waals surface area contributed by atoms with Gasteiger partial charge in [-0.1, -0.05) is 6.92 Å². The zero-order chi connectivity index (χ0) is 13.4. The van der Waals surface area contributed by atoms with Gasteiger partial charge in [0.2, 0.25) is 0 Å². The Bertz CT molecular complexity index is 215. The first-order valence-corrected chi connectivity index (χ1v) is 6.83. The van der Waals surface area contributed by atoms with E-state index in [4.69, 9.17) is 9.47 Å². The molecule has 0 bridgehead atoms. The van der Waals surface area contributed by atoms with Gasteiger partial charge in [0, 0.05) is 18.7 Å². The van der Waals surface area contributed by atoms with Crippen LogP contribution in [0.5, 0.6) is 0 Å². The van der Waals surface area contributed by atoms with Crippen molar-refractivity contribution < 1.29 is 19.7 Å². The van der Waals surface area contributed by atoms with Crippen LogP contribution in [0.2, 0.25) is 0 Å². The molecule has 1 heterocycles. The smallest absolute Gasteiger partial charge is 0.0897 e. The standard InChI is InChI=1S/C13H27NO4/c1-3-13(2,10-15)14-7-11(16)8-17-9-12-5-4-6-18-12/h11-12,14-16H,3-10H2,1-2H3. The summed E-state index contributed by atoms with van der Waals surface area (Å²) in [6.07, 6.45) is 2.61. The minimum absolute atomic E-state index is 0.0625. The minimum Gasteiger partial charge on any atom is -0.394 e. The second kappa shape index (κ2) is 8.07. The Morgan fingerprint density at radius 1 is 1.56 bits per heavy atom. The van der Waals surface area contributed by atoms with E-state index in [1.165, 1.54) is 0 Å². The highest BCUT2D eigenvalue weighted by Crippen LogP contribution is 2.12. The molecule has 0 amide bonds. The summed E-state index contributed by atoms with van der Waals surface area (Å²) in [6, 6.07) is 0. The Hall–Kier alpha value is -0.200. The molecular formula is C13H27NO4. The van der Waals surface area contributed by atoms with Crippen LogP contribution in [0.25, 0.3) is 0 Å². The summed E-state index contributed by atoms with van der Waals surface area (Å²) in [5.74, 6) is 0. The van der Waals surface area contributed by atoms with Crippen molar-refractivity contribution in [3.63, 3.8) is 0 Å². The van der Waals surface area contributed by atoms with Gasteiger partial charge in [-0.2, -0.15) is 0 Å². The highest BCUT2D eigenvalue weighted by molar-refractivity contribution is 4.81. The molecule has 5 nitrogen and oxygen atoms in total. The third kappa shape index (κ3) is 5.63. The predicted octanol–water partition coefficient (Wildman–Crippen LogP) is 0.294. The van der Waals surface area contributed by atoms with E-state index < -0.39 is 6.10 Å². The number of hydrogen-bond acceptors (Lipinski definition) is 5. The van der Waals surface area contributed by atoms with E-state index >= 15 is 0 Å². The minimum atomic E-state index is -0.552. The molecule has 3 unspecified atom stereocenters. The normalized spacial score (nSPS) is 25.0. The van der Waals surface area contributed by atoms with Crippen molar-refractivity contribution in [1.29, 1.82) is 0 Å². The van der Waals surface area contributed by atoms with Gasteiger partial charge in [0.05, 0.1) is 32.0 Å². The van der Waals surface area contributed by atoms with Crippen molar-refractivity contribution in [1.82, 2.24) is 5.32 Å². The topological polar surface area (TPSA) is 71.0 Å². The van der Waals surface area contributed by atoms with Crippen LogP contribution in [-0.2, 0) is 9.47 Å². The lowest BCUT2D eigenvalue weighted by atomic mass is 10.0. The molecule has 0 spiro atoms. The lowest BCUT2D eigenvalue weighted by Gasteiger charge is -2.28. The van der Waals surface area contributed by atoms with Crippen LogP contribution in [0.15, 0.2) is 0 Å². The number of rotatable bonds is 9. The first-order valence-electron chi connectivity index (χ1n) is 6.83. The molecule has 1 fully saturated rings. The van der Waals surface area contributed by atoms with Gasteiger partial charge in [-0.05, 0) is 26.2 Å². The molecule has 3 atom stereocenters. The van der Waals surface area contributed by atoms with Crippen LogP contribution >= 0.6 is 0 Å².